The molecule has 82 valence electrons. The third kappa shape index (κ3) is 4.24. The molecule has 0 saturated heterocycles. The number of halogens is 1. The highest BCUT2D eigenvalue weighted by molar-refractivity contribution is 9.10. The molecule has 3 nitrogen and oxygen atoms in total. The number of benzene rings is 1. The van der Waals surface area contributed by atoms with Gasteiger partial charge in [0.25, 0.3) is 0 Å². The number of thioether (sulfide) groups is 1. The number of nitrogens with two attached hydrogens (primary N) is 1. The molecular weight excluding hydrogens is 276 g/mol. The van der Waals surface area contributed by atoms with Gasteiger partial charge in [0.2, 0.25) is 5.91 Å². The van der Waals surface area contributed by atoms with E-state index in [1.54, 1.807) is 18.8 Å². The first-order valence-electron chi connectivity index (χ1n) is 4.48. The van der Waals surface area contributed by atoms with Gasteiger partial charge in [-0.2, -0.15) is 0 Å². The van der Waals surface area contributed by atoms with Crippen molar-refractivity contribution in [3.8, 4) is 0 Å². The average Bonchev–Trinajstić information content (AvgIpc) is 2.21. The van der Waals surface area contributed by atoms with Crippen LogP contribution in [0, 0.1) is 0 Å². The van der Waals surface area contributed by atoms with E-state index in [1.165, 1.54) is 0 Å². The molecule has 0 aliphatic rings. The summed E-state index contributed by atoms with van der Waals surface area (Å²) in [6.07, 6.45) is 0. The summed E-state index contributed by atoms with van der Waals surface area (Å²) in [4.78, 5) is 12.1. The molecule has 1 aromatic carbocycles. The Hall–Kier alpha value is -0.520. The van der Waals surface area contributed by atoms with E-state index in [1.807, 2.05) is 24.3 Å². The lowest BCUT2D eigenvalue weighted by molar-refractivity contribution is -0.119. The minimum absolute atomic E-state index is 0.279. The summed E-state index contributed by atoms with van der Waals surface area (Å²) in [7, 11) is 1.73. The Morgan fingerprint density at radius 2 is 2.13 bits per heavy atom. The molecular formula is C10H13BrN2OS. The maximum Gasteiger partial charge on any atom is 0.235 e. The van der Waals surface area contributed by atoms with Crippen molar-refractivity contribution in [3.63, 3.8) is 0 Å². The van der Waals surface area contributed by atoms with Crippen LogP contribution in [0.3, 0.4) is 0 Å². The molecule has 0 aliphatic heterocycles. The van der Waals surface area contributed by atoms with E-state index >= 15 is 0 Å². The van der Waals surface area contributed by atoms with Crippen LogP contribution in [-0.2, 0) is 4.79 Å². The largest absolute Gasteiger partial charge is 0.368 e. The van der Waals surface area contributed by atoms with Crippen LogP contribution in [0.5, 0.6) is 0 Å². The Bertz CT molecular complexity index is 329. The van der Waals surface area contributed by atoms with Gasteiger partial charge in [0, 0.05) is 15.1 Å². The molecule has 0 heterocycles. The topological polar surface area (TPSA) is 55.1 Å². The summed E-state index contributed by atoms with van der Waals surface area (Å²) in [5, 5.41) is 2.88. The standard InChI is InChI=1S/C10H13BrN2OS/c1-13-9(10(12)14)6-15-8-4-2-7(11)3-5-8/h2-5,9,13H,6H2,1H3,(H2,12,14). The Morgan fingerprint density at radius 3 is 2.60 bits per heavy atom. The first-order valence-corrected chi connectivity index (χ1v) is 6.26. The van der Waals surface area contributed by atoms with E-state index in [9.17, 15) is 4.79 Å². The zero-order chi connectivity index (χ0) is 11.3. The molecule has 0 spiro atoms. The SMILES string of the molecule is CNC(CSc1ccc(Br)cc1)C(N)=O. The number of likely N-dealkylation sites (N-methyl/N-ethyl adjacent to an activating group) is 1. The van der Waals surface area contributed by atoms with Crippen molar-refractivity contribution >= 4 is 33.6 Å². The Labute approximate surface area is 102 Å². The number of carbonyl (C=O) groups excluding carboxylic acids is 1. The molecule has 0 bridgehead atoms. The van der Waals surface area contributed by atoms with Crippen molar-refractivity contribution in [2.45, 2.75) is 10.9 Å². The van der Waals surface area contributed by atoms with Crippen molar-refractivity contribution in [3.05, 3.63) is 28.7 Å². The summed E-state index contributed by atoms with van der Waals surface area (Å²) >= 11 is 4.97. The summed E-state index contributed by atoms with van der Waals surface area (Å²) < 4.78 is 1.05. The van der Waals surface area contributed by atoms with Gasteiger partial charge >= 0.3 is 0 Å². The van der Waals surface area contributed by atoms with E-state index in [2.05, 4.69) is 21.2 Å². The van der Waals surface area contributed by atoms with Gasteiger partial charge in [-0.3, -0.25) is 4.79 Å². The highest BCUT2D eigenvalue weighted by Gasteiger charge is 2.12. The van der Waals surface area contributed by atoms with Crippen LogP contribution in [0.1, 0.15) is 0 Å². The van der Waals surface area contributed by atoms with Crippen LogP contribution in [0.25, 0.3) is 0 Å². The van der Waals surface area contributed by atoms with E-state index in [-0.39, 0.29) is 11.9 Å². The molecule has 1 atom stereocenters. The van der Waals surface area contributed by atoms with Crippen molar-refractivity contribution in [1.82, 2.24) is 5.32 Å². The van der Waals surface area contributed by atoms with Crippen LogP contribution in [-0.4, -0.2) is 24.7 Å². The number of rotatable bonds is 5. The predicted molar refractivity (Wildman–Crippen MR) is 66.9 cm³/mol. The van der Waals surface area contributed by atoms with Crippen LogP contribution in [0.4, 0.5) is 0 Å². The molecule has 0 fully saturated rings. The van der Waals surface area contributed by atoms with Gasteiger partial charge < -0.3 is 11.1 Å². The fourth-order valence-corrected chi connectivity index (χ4v) is 2.30. The zero-order valence-corrected chi connectivity index (χ0v) is 10.8. The number of hydrogen-bond donors (Lipinski definition) is 2. The molecule has 1 rings (SSSR count). The number of nitrogens with one attached hydrogen (secondary N) is 1. The lowest BCUT2D eigenvalue weighted by atomic mass is 10.3. The highest BCUT2D eigenvalue weighted by Crippen LogP contribution is 2.21. The van der Waals surface area contributed by atoms with Crippen molar-refractivity contribution in [2.75, 3.05) is 12.8 Å². The number of primary amides is 1. The molecule has 5 heteroatoms. The normalized spacial score (nSPS) is 12.4. The van der Waals surface area contributed by atoms with E-state index < -0.39 is 0 Å². The van der Waals surface area contributed by atoms with Crippen molar-refractivity contribution in [2.24, 2.45) is 5.73 Å². The summed E-state index contributed by atoms with van der Waals surface area (Å²) in [5.74, 6) is 0.329. The first kappa shape index (κ1) is 12.5. The van der Waals surface area contributed by atoms with Crippen molar-refractivity contribution < 1.29 is 4.79 Å². The van der Waals surface area contributed by atoms with Gasteiger partial charge in [-0.1, -0.05) is 15.9 Å². The Morgan fingerprint density at radius 1 is 1.53 bits per heavy atom. The van der Waals surface area contributed by atoms with E-state index in [4.69, 9.17) is 5.73 Å². The minimum atomic E-state index is -0.317. The van der Waals surface area contributed by atoms with Crippen LogP contribution in [0.15, 0.2) is 33.6 Å². The van der Waals surface area contributed by atoms with E-state index in [0.717, 1.165) is 9.37 Å². The third-order valence-electron chi connectivity index (χ3n) is 1.92. The molecule has 15 heavy (non-hydrogen) atoms. The Balaban J connectivity index is 2.49. The first-order chi connectivity index (χ1) is 7.13. The summed E-state index contributed by atoms with van der Waals surface area (Å²) in [6.45, 7) is 0. The molecule has 1 amide bonds. The molecule has 1 aromatic rings. The second-order valence-corrected chi connectivity index (χ2v) is 5.02. The average molecular weight is 289 g/mol. The summed E-state index contributed by atoms with van der Waals surface area (Å²) in [5.41, 5.74) is 5.21. The number of hydrogen-bond acceptors (Lipinski definition) is 3. The monoisotopic (exact) mass is 288 g/mol. The lowest BCUT2D eigenvalue weighted by Crippen LogP contribution is -2.41. The summed E-state index contributed by atoms with van der Waals surface area (Å²) in [6, 6.07) is 7.67. The maximum absolute atomic E-state index is 10.9. The smallest absolute Gasteiger partial charge is 0.235 e. The van der Waals surface area contributed by atoms with Gasteiger partial charge in [0.15, 0.2) is 0 Å². The maximum atomic E-state index is 10.9. The second-order valence-electron chi connectivity index (χ2n) is 3.01. The van der Waals surface area contributed by atoms with Gasteiger partial charge in [-0.05, 0) is 31.3 Å². The van der Waals surface area contributed by atoms with Crippen LogP contribution >= 0.6 is 27.7 Å². The zero-order valence-electron chi connectivity index (χ0n) is 8.37. The highest BCUT2D eigenvalue weighted by atomic mass is 79.9. The van der Waals surface area contributed by atoms with Gasteiger partial charge in [0.05, 0.1) is 6.04 Å². The predicted octanol–water partition coefficient (Wildman–Crippen LogP) is 1.61. The quantitative estimate of drug-likeness (QED) is 0.810. The molecule has 0 aliphatic carbocycles. The third-order valence-corrected chi connectivity index (χ3v) is 3.56. The van der Waals surface area contributed by atoms with Crippen LogP contribution < -0.4 is 11.1 Å². The van der Waals surface area contributed by atoms with Gasteiger partial charge in [-0.15, -0.1) is 11.8 Å². The number of carbonyl (C=O) groups is 1. The van der Waals surface area contributed by atoms with Gasteiger partial charge in [0.1, 0.15) is 0 Å². The van der Waals surface area contributed by atoms with Crippen molar-refractivity contribution in [1.29, 1.82) is 0 Å². The van der Waals surface area contributed by atoms with Gasteiger partial charge in [-0.25, -0.2) is 0 Å². The lowest BCUT2D eigenvalue weighted by Gasteiger charge is -2.11. The minimum Gasteiger partial charge on any atom is -0.368 e. The van der Waals surface area contributed by atoms with E-state index in [0.29, 0.717) is 5.75 Å². The fourth-order valence-electron chi connectivity index (χ4n) is 1.02. The molecule has 0 radical (unpaired) electrons. The number of amides is 1. The fraction of sp³-hybridized carbons (Fsp3) is 0.300. The molecule has 0 saturated carbocycles. The molecule has 1 unspecified atom stereocenters. The van der Waals surface area contributed by atoms with Crippen LogP contribution in [0.2, 0.25) is 0 Å². The molecule has 3 N–H and O–H groups in total. The second kappa shape index (κ2) is 6.15. The Kier molecular flexibility index (Phi) is 5.14. The molecule has 0 aromatic heterocycles.